The first-order valence-corrected chi connectivity index (χ1v) is 14.0. The molecule has 0 atom stereocenters. The summed E-state index contributed by atoms with van der Waals surface area (Å²) in [5.74, 6) is -0.345. The molecule has 1 aliphatic rings. The summed E-state index contributed by atoms with van der Waals surface area (Å²) in [7, 11) is -6.42. The van der Waals surface area contributed by atoms with Gasteiger partial charge in [0.15, 0.2) is 0 Å². The molecule has 9 heteroatoms. The predicted molar refractivity (Wildman–Crippen MR) is 125 cm³/mol. The summed E-state index contributed by atoms with van der Waals surface area (Å²) in [6.07, 6.45) is 2.78. The molecule has 3 rings (SSSR count). The number of esters is 1. The second-order valence-electron chi connectivity index (χ2n) is 8.76. The Hall–Kier alpha value is -2.23. The number of rotatable bonds is 8. The second-order valence-corrected chi connectivity index (χ2v) is 12.4. The normalized spacial score (nSPS) is 19.4. The molecule has 2 aromatic rings. The van der Waals surface area contributed by atoms with Gasteiger partial charge in [0.2, 0.25) is 19.9 Å². The van der Waals surface area contributed by atoms with E-state index in [9.17, 15) is 21.6 Å². The molecular formula is C24H31NO6S2. The van der Waals surface area contributed by atoms with Crippen molar-refractivity contribution in [2.45, 2.75) is 60.1 Å². The fraction of sp³-hybridized carbons (Fsp3) is 0.458. The Bertz CT molecular complexity index is 1180. The molecule has 0 aliphatic heterocycles. The summed E-state index contributed by atoms with van der Waals surface area (Å²) in [5, 5.41) is 0. The lowest BCUT2D eigenvalue weighted by molar-refractivity contribution is -0.146. The Morgan fingerprint density at radius 2 is 1.61 bits per heavy atom. The topological polar surface area (TPSA) is 107 Å². The SMILES string of the molecule is COC(=O)C1CCC(CNS(=O)(=O)c2cc(S(=O)(=O)c3ccccc3)ccc2C(C)C)CC1. The van der Waals surface area contributed by atoms with Crippen molar-refractivity contribution in [3.05, 3.63) is 54.1 Å². The minimum Gasteiger partial charge on any atom is -0.469 e. The Morgan fingerprint density at radius 1 is 0.970 bits per heavy atom. The van der Waals surface area contributed by atoms with E-state index in [2.05, 4.69) is 4.72 Å². The zero-order chi connectivity index (χ0) is 24.2. The van der Waals surface area contributed by atoms with Gasteiger partial charge in [-0.1, -0.05) is 38.1 Å². The third-order valence-electron chi connectivity index (χ3n) is 6.20. The highest BCUT2D eigenvalue weighted by Gasteiger charge is 2.29. The lowest BCUT2D eigenvalue weighted by Gasteiger charge is -2.27. The summed E-state index contributed by atoms with van der Waals surface area (Å²) in [6, 6.07) is 12.3. The van der Waals surface area contributed by atoms with Crippen molar-refractivity contribution in [2.75, 3.05) is 13.7 Å². The Kier molecular flexibility index (Phi) is 7.97. The molecule has 2 aromatic carbocycles. The van der Waals surface area contributed by atoms with E-state index < -0.39 is 19.9 Å². The van der Waals surface area contributed by atoms with Gasteiger partial charge in [0.25, 0.3) is 0 Å². The average Bonchev–Trinajstić information content (AvgIpc) is 2.82. The zero-order valence-corrected chi connectivity index (χ0v) is 20.8. The fourth-order valence-electron chi connectivity index (χ4n) is 4.20. The zero-order valence-electron chi connectivity index (χ0n) is 19.2. The van der Waals surface area contributed by atoms with E-state index >= 15 is 0 Å². The van der Waals surface area contributed by atoms with E-state index in [-0.39, 0.29) is 45.0 Å². The van der Waals surface area contributed by atoms with Gasteiger partial charge in [-0.3, -0.25) is 4.79 Å². The maximum absolute atomic E-state index is 13.3. The molecule has 0 bridgehead atoms. The van der Waals surface area contributed by atoms with Crippen molar-refractivity contribution < 1.29 is 26.4 Å². The lowest BCUT2D eigenvalue weighted by Crippen LogP contribution is -2.33. The molecule has 1 N–H and O–H groups in total. The van der Waals surface area contributed by atoms with Crippen LogP contribution < -0.4 is 4.72 Å². The predicted octanol–water partition coefficient (Wildman–Crippen LogP) is 3.90. The molecule has 0 amide bonds. The van der Waals surface area contributed by atoms with Crippen LogP contribution in [0.2, 0.25) is 0 Å². The monoisotopic (exact) mass is 493 g/mol. The number of benzene rings is 2. The van der Waals surface area contributed by atoms with Crippen molar-refractivity contribution in [2.24, 2.45) is 11.8 Å². The van der Waals surface area contributed by atoms with Crippen LogP contribution in [0.1, 0.15) is 51.0 Å². The lowest BCUT2D eigenvalue weighted by atomic mass is 9.82. The maximum Gasteiger partial charge on any atom is 0.308 e. The molecule has 7 nitrogen and oxygen atoms in total. The van der Waals surface area contributed by atoms with E-state index in [1.807, 2.05) is 13.8 Å². The van der Waals surface area contributed by atoms with Crippen LogP contribution in [0.4, 0.5) is 0 Å². The van der Waals surface area contributed by atoms with Crippen LogP contribution in [0.5, 0.6) is 0 Å². The van der Waals surface area contributed by atoms with E-state index in [0.29, 0.717) is 18.4 Å². The molecular weight excluding hydrogens is 462 g/mol. The number of carbonyl (C=O) groups excluding carboxylic acids is 1. The molecule has 1 aliphatic carbocycles. The van der Waals surface area contributed by atoms with Crippen molar-refractivity contribution >= 4 is 25.8 Å². The summed E-state index contributed by atoms with van der Waals surface area (Å²) in [6.45, 7) is 3.98. The second kappa shape index (κ2) is 10.4. The van der Waals surface area contributed by atoms with Crippen LogP contribution in [-0.4, -0.2) is 36.5 Å². The van der Waals surface area contributed by atoms with Gasteiger partial charge in [-0.05, 0) is 67.3 Å². The number of carbonyl (C=O) groups is 1. The third kappa shape index (κ3) is 5.83. The summed E-state index contributed by atoms with van der Waals surface area (Å²) in [4.78, 5) is 11.7. The molecule has 180 valence electrons. The van der Waals surface area contributed by atoms with Gasteiger partial charge in [0.05, 0.1) is 27.7 Å². The van der Waals surface area contributed by atoms with Crippen LogP contribution in [0.3, 0.4) is 0 Å². The Labute approximate surface area is 196 Å². The van der Waals surface area contributed by atoms with Crippen molar-refractivity contribution in [3.63, 3.8) is 0 Å². The molecule has 0 unspecified atom stereocenters. The van der Waals surface area contributed by atoms with E-state index in [0.717, 1.165) is 12.8 Å². The number of sulfonamides is 1. The highest BCUT2D eigenvalue weighted by atomic mass is 32.2. The smallest absolute Gasteiger partial charge is 0.308 e. The van der Waals surface area contributed by atoms with Crippen molar-refractivity contribution in [3.8, 4) is 0 Å². The third-order valence-corrected chi connectivity index (χ3v) is 9.45. The van der Waals surface area contributed by atoms with Gasteiger partial charge in [-0.15, -0.1) is 0 Å². The molecule has 0 spiro atoms. The van der Waals surface area contributed by atoms with Crippen LogP contribution >= 0.6 is 0 Å². The quantitative estimate of drug-likeness (QED) is 0.559. The summed E-state index contributed by atoms with van der Waals surface area (Å²) >= 11 is 0. The van der Waals surface area contributed by atoms with Gasteiger partial charge in [0.1, 0.15) is 0 Å². The molecule has 0 heterocycles. The summed E-state index contributed by atoms with van der Waals surface area (Å²) in [5.41, 5.74) is 0.559. The first-order chi connectivity index (χ1) is 15.6. The number of sulfone groups is 1. The van der Waals surface area contributed by atoms with E-state index in [1.165, 1.54) is 31.4 Å². The van der Waals surface area contributed by atoms with Crippen LogP contribution in [-0.2, 0) is 29.4 Å². The molecule has 1 saturated carbocycles. The largest absolute Gasteiger partial charge is 0.469 e. The fourth-order valence-corrected chi connectivity index (χ4v) is 7.09. The standard InChI is InChI=1S/C24H31NO6S2/c1-17(2)22-14-13-21(32(27,28)20-7-5-4-6-8-20)15-23(22)33(29,30)25-16-18-9-11-19(12-10-18)24(26)31-3/h4-8,13-15,17-19,25H,9-12,16H2,1-3H3. The maximum atomic E-state index is 13.3. The van der Waals surface area contributed by atoms with E-state index in [1.54, 1.807) is 24.3 Å². The van der Waals surface area contributed by atoms with E-state index in [4.69, 9.17) is 4.74 Å². The Morgan fingerprint density at radius 3 is 2.18 bits per heavy atom. The van der Waals surface area contributed by atoms with Gasteiger partial charge in [0, 0.05) is 6.54 Å². The number of nitrogens with one attached hydrogen (secondary N) is 1. The summed E-state index contributed by atoms with van der Waals surface area (Å²) < 4.78 is 60.1. The number of hydrogen-bond acceptors (Lipinski definition) is 6. The number of hydrogen-bond donors (Lipinski definition) is 1. The van der Waals surface area contributed by atoms with Gasteiger partial charge in [-0.2, -0.15) is 0 Å². The minimum atomic E-state index is -3.94. The van der Waals surface area contributed by atoms with Gasteiger partial charge >= 0.3 is 5.97 Å². The van der Waals surface area contributed by atoms with Crippen LogP contribution in [0, 0.1) is 11.8 Å². The molecule has 0 aromatic heterocycles. The molecule has 1 fully saturated rings. The van der Waals surface area contributed by atoms with Crippen molar-refractivity contribution in [1.29, 1.82) is 0 Å². The molecule has 0 saturated heterocycles. The highest BCUT2D eigenvalue weighted by Crippen LogP contribution is 2.31. The van der Waals surface area contributed by atoms with Gasteiger partial charge in [-0.25, -0.2) is 21.6 Å². The van der Waals surface area contributed by atoms with Crippen LogP contribution in [0.25, 0.3) is 0 Å². The Balaban J connectivity index is 1.83. The number of methoxy groups -OCH3 is 1. The highest BCUT2D eigenvalue weighted by molar-refractivity contribution is 7.91. The average molecular weight is 494 g/mol. The first-order valence-electron chi connectivity index (χ1n) is 11.1. The number of ether oxygens (including phenoxy) is 1. The minimum absolute atomic E-state index is 0.0160. The first kappa shape index (κ1) is 25.4. The van der Waals surface area contributed by atoms with Crippen molar-refractivity contribution in [1.82, 2.24) is 4.72 Å². The van der Waals surface area contributed by atoms with Crippen LogP contribution in [0.15, 0.2) is 63.2 Å². The molecule has 0 radical (unpaired) electrons. The van der Waals surface area contributed by atoms with Gasteiger partial charge < -0.3 is 4.74 Å². The molecule has 33 heavy (non-hydrogen) atoms.